The molecule has 1 aliphatic carbocycles. The molecule has 3 aromatic carbocycles. The maximum Gasteiger partial charge on any atom is 0.396 e. The van der Waals surface area contributed by atoms with E-state index in [4.69, 9.17) is 5.73 Å². The van der Waals surface area contributed by atoms with Gasteiger partial charge in [-0.05, 0) is 109 Å². The first-order chi connectivity index (χ1) is 38.3. The quantitative estimate of drug-likeness (QED) is 0.0373. The monoisotopic (exact) mass is 1130 g/mol. The van der Waals surface area contributed by atoms with Crippen LogP contribution in [-0.2, 0) is 39.9 Å². The molecule has 4 aromatic rings. The number of nitrogens with zero attached hydrogens (tertiary/aromatic N) is 3. The fourth-order valence-corrected chi connectivity index (χ4v) is 12.9. The molecular formula is C57H63N8O13PS. The number of Topliss-reactive ketones (excluding diaryl/α,β-unsaturated/α-hetero) is 1. The van der Waals surface area contributed by atoms with Crippen LogP contribution < -0.4 is 27.0 Å². The van der Waals surface area contributed by atoms with Crippen molar-refractivity contribution in [1.29, 1.82) is 0 Å². The Morgan fingerprint density at radius 1 is 0.912 bits per heavy atom. The smallest absolute Gasteiger partial charge is 0.352 e. The van der Waals surface area contributed by atoms with Crippen LogP contribution in [0.4, 0.5) is 4.79 Å². The Labute approximate surface area is 465 Å². The summed E-state index contributed by atoms with van der Waals surface area (Å²) in [6.07, 6.45) is 4.97. The Balaban J connectivity index is 0.826. The second kappa shape index (κ2) is 24.4. The number of urea groups is 1. The van der Waals surface area contributed by atoms with Crippen LogP contribution in [0.3, 0.4) is 0 Å². The van der Waals surface area contributed by atoms with Gasteiger partial charge in [0.15, 0.2) is 5.78 Å². The number of amides is 9. The van der Waals surface area contributed by atoms with E-state index >= 15 is 0 Å². The van der Waals surface area contributed by atoms with Crippen LogP contribution in [0.5, 0.6) is 0 Å². The first-order valence-electron chi connectivity index (χ1n) is 27.0. The van der Waals surface area contributed by atoms with E-state index in [1.54, 1.807) is 47.4 Å². The van der Waals surface area contributed by atoms with E-state index in [0.717, 1.165) is 23.3 Å². The molecule has 4 aliphatic heterocycles. The number of imide groups is 1. The zero-order chi connectivity index (χ0) is 57.0. The van der Waals surface area contributed by atoms with Gasteiger partial charge in [-0.25, -0.2) is 4.79 Å². The molecule has 0 bridgehead atoms. The van der Waals surface area contributed by atoms with Crippen LogP contribution in [-0.4, -0.2) is 134 Å². The highest BCUT2D eigenvalue weighted by molar-refractivity contribution is 7.70. The third kappa shape index (κ3) is 12.9. The highest BCUT2D eigenvalue weighted by Crippen LogP contribution is 2.50. The van der Waals surface area contributed by atoms with Gasteiger partial charge in [0.05, 0.1) is 10.8 Å². The average Bonchev–Trinajstić information content (AvgIpc) is 3.75. The topological polar surface area (TPSA) is 312 Å². The number of carbonyl (C=O) groups is 10. The molecule has 5 heterocycles. The second-order valence-corrected chi connectivity index (χ2v) is 23.8. The number of carbonyl (C=O) groups excluding carboxylic acids is 10. The van der Waals surface area contributed by atoms with Crippen molar-refractivity contribution >= 4 is 87.7 Å². The maximum atomic E-state index is 14.5. The summed E-state index contributed by atoms with van der Waals surface area (Å²) in [6.45, 7) is 2.87. The number of unbranched alkanes of at least 4 members (excludes halogenated alkanes) is 1. The standard InChI is InChI=1S/C57H63N8O13PS/c1-2-3-16-42(60-51(69)47-27-36-25-35(17-19-46(36)80-47)56(74)79(76,77)78)55(73)65-30-37-26-39(37)49(65)52(70)61-43(29-59-57(58)75)45(66)28-40(33-11-5-4-6-12-33)53(71)63-23-21-32(22-24-63)10-7-8-13-34-14-9-15-38-41(34)31-64(54(38)72)44-18-20-48(67)62-50(44)68/h4-6,9,11-12,14-15,17,19,25,27,32,37,39-40,42-44,49H,2-3,7,10,16,18,20-24,26,28-31H2,1H3,(H,60,69)(H,61,70)(H3,58,59,75)(H,62,67,68)(H2,76,77,78)/t37-,39-,40+,42+,43+,44?,49+/m1/s1. The Bertz CT molecular complexity index is 3270. The van der Waals surface area contributed by atoms with Gasteiger partial charge in [0.25, 0.3) is 17.3 Å². The van der Waals surface area contributed by atoms with Gasteiger partial charge in [0.1, 0.15) is 24.2 Å². The number of primary amides is 1. The summed E-state index contributed by atoms with van der Waals surface area (Å²) in [5, 5.41) is 10.8. The van der Waals surface area contributed by atoms with Crippen molar-refractivity contribution in [2.45, 2.75) is 114 Å². The van der Waals surface area contributed by atoms with Crippen molar-refractivity contribution < 1.29 is 62.3 Å². The number of hydrogen-bond acceptors (Lipinski definition) is 12. The summed E-state index contributed by atoms with van der Waals surface area (Å²) < 4.78 is 12.2. The minimum atomic E-state index is -5.05. The number of piperidine rings is 3. The molecule has 21 nitrogen and oxygen atoms in total. The zero-order valence-electron chi connectivity index (χ0n) is 44.0. The molecule has 80 heavy (non-hydrogen) atoms. The van der Waals surface area contributed by atoms with Crippen LogP contribution in [0.1, 0.15) is 131 Å². The first-order valence-corrected chi connectivity index (χ1v) is 29.4. The maximum absolute atomic E-state index is 14.5. The van der Waals surface area contributed by atoms with Gasteiger partial charge < -0.3 is 46.2 Å². The fraction of sp³-hybridized carbons (Fsp3) is 0.439. The molecule has 4 fully saturated rings. The van der Waals surface area contributed by atoms with Crippen molar-refractivity contribution in [3.8, 4) is 11.8 Å². The van der Waals surface area contributed by atoms with E-state index in [-0.39, 0.29) is 91.2 Å². The summed E-state index contributed by atoms with van der Waals surface area (Å²) in [5.41, 5.74) is 6.44. The number of nitrogens with one attached hydrogen (secondary N) is 4. The highest BCUT2D eigenvalue weighted by Gasteiger charge is 2.58. The van der Waals surface area contributed by atoms with Crippen LogP contribution >= 0.6 is 18.9 Å². The number of hydrogen-bond donors (Lipinski definition) is 7. The molecule has 1 aromatic heterocycles. The number of likely N-dealkylation sites (tertiary alicyclic amines) is 2. The van der Waals surface area contributed by atoms with E-state index in [0.29, 0.717) is 78.4 Å². The van der Waals surface area contributed by atoms with Gasteiger partial charge in [-0.1, -0.05) is 68.0 Å². The van der Waals surface area contributed by atoms with Gasteiger partial charge in [-0.15, -0.1) is 11.3 Å². The third-order valence-electron chi connectivity index (χ3n) is 15.9. The van der Waals surface area contributed by atoms with Crippen molar-refractivity contribution in [2.75, 3.05) is 26.2 Å². The predicted molar refractivity (Wildman–Crippen MR) is 292 cm³/mol. The van der Waals surface area contributed by atoms with Gasteiger partial charge in [-0.2, -0.15) is 0 Å². The first kappa shape index (κ1) is 57.1. The molecule has 23 heteroatoms. The Morgan fingerprint density at radius 3 is 2.39 bits per heavy atom. The number of rotatable bonds is 20. The summed E-state index contributed by atoms with van der Waals surface area (Å²) in [7, 11) is -5.05. The van der Waals surface area contributed by atoms with Gasteiger partial charge in [0.2, 0.25) is 29.5 Å². The number of benzene rings is 3. The minimum Gasteiger partial charge on any atom is -0.352 e. The molecule has 1 saturated carbocycles. The van der Waals surface area contributed by atoms with Crippen LogP contribution in [0.2, 0.25) is 0 Å². The molecule has 9 rings (SSSR count). The van der Waals surface area contributed by atoms with E-state index in [1.165, 1.54) is 34.1 Å². The molecule has 8 N–H and O–H groups in total. The van der Waals surface area contributed by atoms with Crippen molar-refractivity contribution in [2.24, 2.45) is 23.5 Å². The Morgan fingerprint density at radius 2 is 1.68 bits per heavy atom. The zero-order valence-corrected chi connectivity index (χ0v) is 45.7. The van der Waals surface area contributed by atoms with E-state index in [9.17, 15) is 62.3 Å². The molecule has 7 atom stereocenters. The minimum absolute atomic E-state index is 0.00441. The van der Waals surface area contributed by atoms with Crippen molar-refractivity contribution in [3.05, 3.63) is 105 Å². The van der Waals surface area contributed by atoms with Crippen LogP contribution in [0.15, 0.2) is 72.8 Å². The van der Waals surface area contributed by atoms with Gasteiger partial charge >= 0.3 is 13.6 Å². The number of ketones is 1. The molecule has 0 spiro atoms. The fourth-order valence-electron chi connectivity index (χ4n) is 11.5. The summed E-state index contributed by atoms with van der Waals surface area (Å²) in [5.74, 6) is 1.98. The van der Waals surface area contributed by atoms with E-state index in [2.05, 4.69) is 33.1 Å². The lowest BCUT2D eigenvalue weighted by Crippen LogP contribution is -2.58. The number of thiophene rings is 1. The SMILES string of the molecule is CCCC[C@H](NC(=O)c1cc2cc(C(=O)P(=O)(O)O)ccc2s1)C(=O)N1C[C@H]2C[C@H]2[C@H]1C(=O)N[C@@H](CNC(N)=O)C(=O)C[C@H](C(=O)N1CCC(CCC#Cc2cccc3c2CN(C2CCC(=O)NC2=O)C3=O)CC1)c1ccccc1. The normalized spacial score (nSPS) is 20.8. The molecule has 9 amide bonds. The van der Waals surface area contributed by atoms with E-state index in [1.807, 2.05) is 13.0 Å². The van der Waals surface area contributed by atoms with Crippen LogP contribution in [0, 0.1) is 29.6 Å². The molecular weight excluding hydrogens is 1070 g/mol. The molecule has 0 radical (unpaired) electrons. The van der Waals surface area contributed by atoms with Crippen molar-refractivity contribution in [1.82, 2.24) is 36.0 Å². The lowest BCUT2D eigenvalue weighted by Gasteiger charge is -2.34. The molecule has 3 saturated heterocycles. The largest absolute Gasteiger partial charge is 0.396 e. The van der Waals surface area contributed by atoms with Gasteiger partial charge in [0, 0.05) is 73.4 Å². The number of fused-ring (bicyclic) bond motifs is 3. The second-order valence-electron chi connectivity index (χ2n) is 21.3. The number of nitrogens with two attached hydrogens (primary N) is 1. The summed E-state index contributed by atoms with van der Waals surface area (Å²) in [6, 6.07) is 14.6. The Kier molecular flexibility index (Phi) is 17.4. The van der Waals surface area contributed by atoms with Crippen molar-refractivity contribution in [3.63, 3.8) is 0 Å². The van der Waals surface area contributed by atoms with Gasteiger partial charge in [-0.3, -0.25) is 53.0 Å². The van der Waals surface area contributed by atoms with Crippen LogP contribution in [0.25, 0.3) is 10.1 Å². The summed E-state index contributed by atoms with van der Waals surface area (Å²) in [4.78, 5) is 157. The molecule has 420 valence electrons. The summed E-state index contributed by atoms with van der Waals surface area (Å²) >= 11 is 1.07. The highest BCUT2D eigenvalue weighted by atomic mass is 32.1. The lowest BCUT2D eigenvalue weighted by atomic mass is 9.87. The lowest BCUT2D eigenvalue weighted by molar-refractivity contribution is -0.142. The van der Waals surface area contributed by atoms with E-state index < -0.39 is 78.6 Å². The third-order valence-corrected chi connectivity index (χ3v) is 17.8. The average molecular weight is 1130 g/mol. The Hall–Kier alpha value is -7.57. The molecule has 1 unspecified atom stereocenters. The predicted octanol–water partition coefficient (Wildman–Crippen LogP) is 4.08. The molecule has 5 aliphatic rings.